The molecule has 1 aromatic heterocycles. The predicted octanol–water partition coefficient (Wildman–Crippen LogP) is 4.13. The average molecular weight is 448 g/mol. The molecule has 7 heteroatoms. The van der Waals surface area contributed by atoms with Crippen molar-refractivity contribution in [1.29, 1.82) is 0 Å². The van der Waals surface area contributed by atoms with Gasteiger partial charge in [-0.2, -0.15) is 5.10 Å². The van der Waals surface area contributed by atoms with Crippen molar-refractivity contribution in [3.63, 3.8) is 0 Å². The molecule has 0 spiro atoms. The zero-order chi connectivity index (χ0) is 22.9. The molecule has 1 aliphatic carbocycles. The number of nitrogens with one attached hydrogen (secondary N) is 2. The lowest BCUT2D eigenvalue weighted by molar-refractivity contribution is 0.198. The van der Waals surface area contributed by atoms with Gasteiger partial charge in [-0.05, 0) is 37.3 Å². The molecule has 4 rings (SSSR count). The summed E-state index contributed by atoms with van der Waals surface area (Å²) in [6.45, 7) is 1.98. The Morgan fingerprint density at radius 3 is 2.58 bits per heavy atom. The Kier molecular flexibility index (Phi) is 7.85. The van der Waals surface area contributed by atoms with Crippen molar-refractivity contribution < 1.29 is 9.47 Å². The molecule has 0 bridgehead atoms. The lowest BCUT2D eigenvalue weighted by atomic mass is 10.1. The van der Waals surface area contributed by atoms with Gasteiger partial charge in [-0.3, -0.25) is 9.67 Å². The lowest BCUT2D eigenvalue weighted by Gasteiger charge is -2.20. The fourth-order valence-electron chi connectivity index (χ4n) is 4.11. The van der Waals surface area contributed by atoms with Gasteiger partial charge >= 0.3 is 0 Å². The number of benzene rings is 2. The van der Waals surface area contributed by atoms with E-state index in [1.807, 2.05) is 41.2 Å². The SMILES string of the molecule is CN=C(NCc1cnn(Cc2ccccc2)c1)NCc1cccc(OC)c1OC1CCCC1. The van der Waals surface area contributed by atoms with Crippen LogP contribution in [0, 0.1) is 0 Å². The highest BCUT2D eigenvalue weighted by molar-refractivity contribution is 5.79. The number of methoxy groups -OCH3 is 1. The van der Waals surface area contributed by atoms with Crippen molar-refractivity contribution in [3.8, 4) is 11.5 Å². The van der Waals surface area contributed by atoms with Crippen molar-refractivity contribution >= 4 is 5.96 Å². The normalized spacial score (nSPS) is 14.3. The molecule has 0 aliphatic heterocycles. The summed E-state index contributed by atoms with van der Waals surface area (Å²) in [5, 5.41) is 11.2. The molecule has 1 fully saturated rings. The molecule has 0 unspecified atom stereocenters. The summed E-state index contributed by atoms with van der Waals surface area (Å²) in [4.78, 5) is 4.36. The van der Waals surface area contributed by atoms with Crippen LogP contribution in [0.1, 0.15) is 42.4 Å². The standard InChI is InChI=1S/C26H33N5O2/c1-27-26(28-15-21-16-30-31(19-21)18-20-9-4-3-5-10-20)29-17-22-11-8-14-24(32-2)25(22)33-23-12-6-7-13-23/h3-5,8-11,14,16,19,23H,6-7,12-13,15,17-18H2,1-2H3,(H2,27,28,29). The van der Waals surface area contributed by atoms with Crippen molar-refractivity contribution in [2.75, 3.05) is 14.2 Å². The molecule has 2 N–H and O–H groups in total. The Balaban J connectivity index is 1.33. The quantitative estimate of drug-likeness (QED) is 0.381. The van der Waals surface area contributed by atoms with E-state index in [9.17, 15) is 0 Å². The first-order chi connectivity index (χ1) is 16.2. The van der Waals surface area contributed by atoms with Gasteiger partial charge in [-0.15, -0.1) is 0 Å². The Morgan fingerprint density at radius 2 is 1.82 bits per heavy atom. The fourth-order valence-corrected chi connectivity index (χ4v) is 4.11. The number of hydrogen-bond donors (Lipinski definition) is 2. The Morgan fingerprint density at radius 1 is 1.03 bits per heavy atom. The summed E-state index contributed by atoms with van der Waals surface area (Å²) < 4.78 is 13.9. The van der Waals surface area contributed by atoms with E-state index in [1.165, 1.54) is 18.4 Å². The number of hydrogen-bond acceptors (Lipinski definition) is 4. The van der Waals surface area contributed by atoms with Gasteiger partial charge < -0.3 is 20.1 Å². The molecule has 3 aromatic rings. The molecule has 1 saturated carbocycles. The minimum absolute atomic E-state index is 0.268. The second-order valence-corrected chi connectivity index (χ2v) is 8.28. The van der Waals surface area contributed by atoms with Gasteiger partial charge in [0.1, 0.15) is 0 Å². The van der Waals surface area contributed by atoms with Crippen molar-refractivity contribution in [2.24, 2.45) is 4.99 Å². The van der Waals surface area contributed by atoms with E-state index in [4.69, 9.17) is 9.47 Å². The van der Waals surface area contributed by atoms with Gasteiger partial charge in [0.2, 0.25) is 0 Å². The number of aromatic nitrogens is 2. The third-order valence-electron chi connectivity index (χ3n) is 5.87. The molecule has 1 aliphatic rings. The maximum absolute atomic E-state index is 6.34. The van der Waals surface area contributed by atoms with Gasteiger partial charge in [-0.25, -0.2) is 0 Å². The van der Waals surface area contributed by atoms with E-state index in [-0.39, 0.29) is 6.10 Å². The molecule has 0 amide bonds. The molecular formula is C26H33N5O2. The highest BCUT2D eigenvalue weighted by atomic mass is 16.5. The smallest absolute Gasteiger partial charge is 0.191 e. The van der Waals surface area contributed by atoms with Crippen LogP contribution in [0.25, 0.3) is 0 Å². The largest absolute Gasteiger partial charge is 0.493 e. The minimum atomic E-state index is 0.268. The molecule has 0 saturated heterocycles. The van der Waals surface area contributed by atoms with Crippen LogP contribution in [0.4, 0.5) is 0 Å². The minimum Gasteiger partial charge on any atom is -0.493 e. The van der Waals surface area contributed by atoms with Gasteiger partial charge in [0.15, 0.2) is 17.5 Å². The lowest BCUT2D eigenvalue weighted by Crippen LogP contribution is -2.36. The number of rotatable bonds is 9. The summed E-state index contributed by atoms with van der Waals surface area (Å²) in [6.07, 6.45) is 8.88. The highest BCUT2D eigenvalue weighted by Crippen LogP contribution is 2.34. The number of ether oxygens (including phenoxy) is 2. The first kappa shape index (κ1) is 22.7. The predicted molar refractivity (Wildman–Crippen MR) is 131 cm³/mol. The Labute approximate surface area is 195 Å². The van der Waals surface area contributed by atoms with E-state index in [2.05, 4.69) is 45.1 Å². The van der Waals surface area contributed by atoms with E-state index in [0.29, 0.717) is 13.1 Å². The first-order valence-corrected chi connectivity index (χ1v) is 11.6. The van der Waals surface area contributed by atoms with Crippen LogP contribution < -0.4 is 20.1 Å². The average Bonchev–Trinajstić information content (AvgIpc) is 3.53. The summed E-state index contributed by atoms with van der Waals surface area (Å²) in [5.74, 6) is 2.33. The molecule has 2 aromatic carbocycles. The van der Waals surface area contributed by atoms with E-state index in [1.54, 1.807) is 14.2 Å². The molecule has 174 valence electrons. The Hall–Kier alpha value is -3.48. The maximum Gasteiger partial charge on any atom is 0.191 e. The van der Waals surface area contributed by atoms with Gasteiger partial charge in [0.05, 0.1) is 26.0 Å². The summed E-state index contributed by atoms with van der Waals surface area (Å²) in [7, 11) is 3.46. The molecule has 1 heterocycles. The number of guanidine groups is 1. The van der Waals surface area contributed by atoms with Crippen LogP contribution in [0.15, 0.2) is 65.9 Å². The van der Waals surface area contributed by atoms with E-state index < -0.39 is 0 Å². The van der Waals surface area contributed by atoms with Crippen LogP contribution in [0.3, 0.4) is 0 Å². The van der Waals surface area contributed by atoms with Gasteiger partial charge in [0, 0.05) is 37.5 Å². The van der Waals surface area contributed by atoms with Gasteiger partial charge in [-0.1, -0.05) is 42.5 Å². The molecule has 0 radical (unpaired) electrons. The monoisotopic (exact) mass is 447 g/mol. The summed E-state index contributed by atoms with van der Waals surface area (Å²) >= 11 is 0. The summed E-state index contributed by atoms with van der Waals surface area (Å²) in [5.41, 5.74) is 3.38. The number of aliphatic imine (C=N–C) groups is 1. The summed E-state index contributed by atoms with van der Waals surface area (Å²) in [6, 6.07) is 16.3. The van der Waals surface area contributed by atoms with Gasteiger partial charge in [0.25, 0.3) is 0 Å². The third-order valence-corrected chi connectivity index (χ3v) is 5.87. The van der Waals surface area contributed by atoms with Crippen LogP contribution in [0.2, 0.25) is 0 Å². The van der Waals surface area contributed by atoms with Crippen LogP contribution in [0.5, 0.6) is 11.5 Å². The van der Waals surface area contributed by atoms with Crippen molar-refractivity contribution in [1.82, 2.24) is 20.4 Å². The molecular weight excluding hydrogens is 414 g/mol. The van der Waals surface area contributed by atoms with Crippen molar-refractivity contribution in [3.05, 3.63) is 77.6 Å². The zero-order valence-electron chi connectivity index (χ0n) is 19.5. The second kappa shape index (κ2) is 11.4. The van der Waals surface area contributed by atoms with Crippen LogP contribution >= 0.6 is 0 Å². The molecule has 7 nitrogen and oxygen atoms in total. The van der Waals surface area contributed by atoms with Crippen molar-refractivity contribution in [2.45, 2.75) is 51.4 Å². The molecule has 33 heavy (non-hydrogen) atoms. The first-order valence-electron chi connectivity index (χ1n) is 11.6. The van der Waals surface area contributed by atoms with E-state index >= 15 is 0 Å². The number of para-hydroxylation sites is 1. The third kappa shape index (κ3) is 6.28. The topological polar surface area (TPSA) is 72.7 Å². The number of nitrogens with zero attached hydrogens (tertiary/aromatic N) is 3. The fraction of sp³-hybridized carbons (Fsp3) is 0.385. The van der Waals surface area contributed by atoms with Crippen LogP contribution in [-0.4, -0.2) is 36.0 Å². The second-order valence-electron chi connectivity index (χ2n) is 8.28. The van der Waals surface area contributed by atoms with E-state index in [0.717, 1.165) is 48.0 Å². The van der Waals surface area contributed by atoms with Crippen LogP contribution in [-0.2, 0) is 19.6 Å². The Bertz CT molecular complexity index is 1040. The molecule has 0 atom stereocenters. The zero-order valence-corrected chi connectivity index (χ0v) is 19.5. The maximum atomic E-state index is 6.34. The highest BCUT2D eigenvalue weighted by Gasteiger charge is 2.20.